The summed E-state index contributed by atoms with van der Waals surface area (Å²) in [5.74, 6) is -0.566. The van der Waals surface area contributed by atoms with E-state index in [4.69, 9.17) is 19.7 Å². The van der Waals surface area contributed by atoms with Crippen LogP contribution in [0.15, 0.2) is 83.7 Å². The molecule has 44 heavy (non-hydrogen) atoms. The quantitative estimate of drug-likeness (QED) is 0.168. The minimum Gasteiger partial charge on any atom is -0.473 e. The third-order valence-corrected chi connectivity index (χ3v) is 7.67. The van der Waals surface area contributed by atoms with E-state index in [1.807, 2.05) is 16.0 Å². The van der Waals surface area contributed by atoms with Crippen LogP contribution in [0.2, 0.25) is 0 Å². The van der Waals surface area contributed by atoms with Crippen LogP contribution in [0.1, 0.15) is 38.6 Å². The summed E-state index contributed by atoms with van der Waals surface area (Å²) in [6, 6.07) is 21.1. The van der Waals surface area contributed by atoms with Crippen LogP contribution < -0.4 is 4.74 Å². The first kappa shape index (κ1) is 28.6. The molecule has 0 aliphatic heterocycles. The van der Waals surface area contributed by atoms with Gasteiger partial charge >= 0.3 is 5.97 Å². The first-order valence-corrected chi connectivity index (χ1v) is 14.4. The van der Waals surface area contributed by atoms with E-state index in [0.29, 0.717) is 40.3 Å². The van der Waals surface area contributed by atoms with Crippen LogP contribution in [0, 0.1) is 23.0 Å². The Kier molecular flexibility index (Phi) is 8.08. The van der Waals surface area contributed by atoms with Crippen LogP contribution in [0.3, 0.4) is 0 Å². The number of methoxy groups -OCH3 is 1. The molecule has 218 valence electrons. The number of pyridine rings is 1. The number of fused-ring (bicyclic) bond motifs is 1. The molecule has 3 aromatic heterocycles. The Balaban J connectivity index is 1.25. The predicted molar refractivity (Wildman–Crippen MR) is 160 cm³/mol. The monoisotopic (exact) mass is 607 g/mol. The molecule has 0 saturated carbocycles. The molecule has 0 radical (unpaired) electrons. The molecule has 0 aliphatic rings. The standard InChI is InChI=1S/C33H23F2N5O3S/c1-42-33(41)23-9-10-29-30(13-23)40(16-25-18-44-19-37-25)31(38-29)14-21-7-8-22(12-27(21)35)28-3-2-4-32(39-28)43-17-24-6-5-20(15-36)11-26(24)34/h2-13,18-19H,14,16-17H2,1H3. The van der Waals surface area contributed by atoms with Crippen molar-refractivity contribution in [2.24, 2.45) is 0 Å². The summed E-state index contributed by atoms with van der Waals surface area (Å²) in [6.07, 6.45) is 0.200. The van der Waals surface area contributed by atoms with Crippen molar-refractivity contribution in [3.8, 4) is 23.2 Å². The molecule has 6 aromatic rings. The summed E-state index contributed by atoms with van der Waals surface area (Å²) in [7, 11) is 1.33. The Labute approximate surface area is 254 Å². The van der Waals surface area contributed by atoms with Gasteiger partial charge in [-0.05, 0) is 48.0 Å². The molecule has 11 heteroatoms. The molecule has 0 amide bonds. The second kappa shape index (κ2) is 12.4. The van der Waals surface area contributed by atoms with Gasteiger partial charge in [0.05, 0.1) is 58.8 Å². The molecule has 6 rings (SSSR count). The SMILES string of the molecule is COC(=O)c1ccc2nc(Cc3ccc(-c4cccc(OCc5ccc(C#N)cc5F)n4)cc3F)n(Cc3cscn3)c2c1. The zero-order chi connectivity index (χ0) is 30.6. The van der Waals surface area contributed by atoms with E-state index in [1.165, 1.54) is 36.6 Å². The molecular formula is C33H23F2N5O3S. The average Bonchev–Trinajstić information content (AvgIpc) is 3.69. The molecule has 0 unspecified atom stereocenters. The number of halogens is 2. The van der Waals surface area contributed by atoms with Gasteiger partial charge in [0.15, 0.2) is 0 Å². The molecule has 8 nitrogen and oxygen atoms in total. The van der Waals surface area contributed by atoms with Crippen LogP contribution in [0.5, 0.6) is 5.88 Å². The third kappa shape index (κ3) is 6.02. The fourth-order valence-electron chi connectivity index (χ4n) is 4.77. The molecule has 0 bridgehead atoms. The van der Waals surface area contributed by atoms with Crippen LogP contribution >= 0.6 is 11.3 Å². The lowest BCUT2D eigenvalue weighted by Gasteiger charge is -2.11. The summed E-state index contributed by atoms with van der Waals surface area (Å²) < 4.78 is 42.3. The van der Waals surface area contributed by atoms with Gasteiger partial charge in [0.2, 0.25) is 5.88 Å². The van der Waals surface area contributed by atoms with E-state index in [2.05, 4.69) is 9.97 Å². The van der Waals surface area contributed by atoms with Crippen LogP contribution in [0.25, 0.3) is 22.3 Å². The zero-order valence-corrected chi connectivity index (χ0v) is 24.1. The van der Waals surface area contributed by atoms with Gasteiger partial charge < -0.3 is 14.0 Å². The van der Waals surface area contributed by atoms with Crippen molar-refractivity contribution in [3.05, 3.63) is 129 Å². The van der Waals surface area contributed by atoms with E-state index in [1.54, 1.807) is 54.0 Å². The van der Waals surface area contributed by atoms with E-state index in [0.717, 1.165) is 17.3 Å². The molecule has 0 N–H and O–H groups in total. The van der Waals surface area contributed by atoms with Crippen molar-refractivity contribution in [1.29, 1.82) is 5.26 Å². The van der Waals surface area contributed by atoms with Crippen molar-refractivity contribution in [3.63, 3.8) is 0 Å². The number of rotatable bonds is 9. The van der Waals surface area contributed by atoms with Gasteiger partial charge in [-0.15, -0.1) is 11.3 Å². The van der Waals surface area contributed by atoms with Crippen molar-refractivity contribution < 1.29 is 23.0 Å². The van der Waals surface area contributed by atoms with Crippen molar-refractivity contribution in [2.75, 3.05) is 7.11 Å². The molecular weight excluding hydrogens is 584 g/mol. The number of benzene rings is 3. The van der Waals surface area contributed by atoms with E-state index in [9.17, 15) is 9.18 Å². The number of carbonyl (C=O) groups excluding carboxylic acids is 1. The van der Waals surface area contributed by atoms with Crippen molar-refractivity contribution in [1.82, 2.24) is 19.5 Å². The molecule has 0 spiro atoms. The van der Waals surface area contributed by atoms with Crippen molar-refractivity contribution >= 4 is 28.3 Å². The maximum atomic E-state index is 15.5. The Morgan fingerprint density at radius 3 is 2.59 bits per heavy atom. The number of carbonyl (C=O) groups is 1. The van der Waals surface area contributed by atoms with Gasteiger partial charge in [-0.1, -0.05) is 24.3 Å². The fourth-order valence-corrected chi connectivity index (χ4v) is 5.32. The number of hydrogen-bond acceptors (Lipinski definition) is 8. The maximum absolute atomic E-state index is 15.5. The van der Waals surface area contributed by atoms with Crippen molar-refractivity contribution in [2.45, 2.75) is 19.6 Å². The van der Waals surface area contributed by atoms with Gasteiger partial charge in [-0.25, -0.2) is 28.5 Å². The minimum atomic E-state index is -0.540. The highest BCUT2D eigenvalue weighted by Crippen LogP contribution is 2.27. The van der Waals surface area contributed by atoms with Crippen LogP contribution in [0.4, 0.5) is 8.78 Å². The summed E-state index contributed by atoms with van der Waals surface area (Å²) in [5, 5.41) is 10.9. The summed E-state index contributed by atoms with van der Waals surface area (Å²) >= 11 is 1.47. The second-order valence-corrected chi connectivity index (χ2v) is 10.6. The number of nitrogens with zero attached hydrogens (tertiary/aromatic N) is 5. The number of imidazole rings is 1. The first-order valence-electron chi connectivity index (χ1n) is 13.4. The lowest BCUT2D eigenvalue weighted by Crippen LogP contribution is -2.08. The summed E-state index contributed by atoms with van der Waals surface area (Å²) in [4.78, 5) is 25.8. The normalized spacial score (nSPS) is 11.0. The minimum absolute atomic E-state index is 0.0790. The van der Waals surface area contributed by atoms with Gasteiger partial charge in [-0.2, -0.15) is 5.26 Å². The van der Waals surface area contributed by atoms with Crippen LogP contribution in [-0.4, -0.2) is 32.6 Å². The number of thiazole rings is 1. The number of aromatic nitrogens is 4. The number of hydrogen-bond donors (Lipinski definition) is 0. The lowest BCUT2D eigenvalue weighted by atomic mass is 10.1. The fraction of sp³-hybridized carbons (Fsp3) is 0.121. The number of ether oxygens (including phenoxy) is 2. The topological polar surface area (TPSA) is 103 Å². The molecule has 3 heterocycles. The maximum Gasteiger partial charge on any atom is 0.337 e. The number of nitriles is 1. The lowest BCUT2D eigenvalue weighted by molar-refractivity contribution is 0.0601. The van der Waals surface area contributed by atoms with Gasteiger partial charge in [0.1, 0.15) is 24.1 Å². The van der Waals surface area contributed by atoms with E-state index >= 15 is 4.39 Å². The van der Waals surface area contributed by atoms with E-state index in [-0.39, 0.29) is 30.0 Å². The summed E-state index contributed by atoms with van der Waals surface area (Å²) in [5.41, 5.74) is 6.31. The third-order valence-electron chi connectivity index (χ3n) is 7.03. The molecule has 0 fully saturated rings. The van der Waals surface area contributed by atoms with Gasteiger partial charge in [-0.3, -0.25) is 0 Å². The first-order chi connectivity index (χ1) is 21.4. The summed E-state index contributed by atoms with van der Waals surface area (Å²) in [6.45, 7) is 0.326. The van der Waals surface area contributed by atoms with Gasteiger partial charge in [0.25, 0.3) is 0 Å². The van der Waals surface area contributed by atoms with Crippen LogP contribution in [-0.2, 0) is 24.3 Å². The highest BCUT2D eigenvalue weighted by Gasteiger charge is 2.17. The van der Waals surface area contributed by atoms with E-state index < -0.39 is 17.6 Å². The second-order valence-electron chi connectivity index (χ2n) is 9.84. The Morgan fingerprint density at radius 2 is 1.84 bits per heavy atom. The smallest absolute Gasteiger partial charge is 0.337 e. The Bertz CT molecular complexity index is 2040. The predicted octanol–water partition coefficient (Wildman–Crippen LogP) is 6.71. The highest BCUT2D eigenvalue weighted by atomic mass is 32.1. The Morgan fingerprint density at radius 1 is 1.00 bits per heavy atom. The Hall–Kier alpha value is -5.47. The molecule has 3 aromatic carbocycles. The number of esters is 1. The van der Waals surface area contributed by atoms with Gasteiger partial charge in [0, 0.05) is 29.0 Å². The molecule has 0 saturated heterocycles. The largest absolute Gasteiger partial charge is 0.473 e. The zero-order valence-electron chi connectivity index (χ0n) is 23.3. The molecule has 0 atom stereocenters. The average molecular weight is 608 g/mol. The molecule has 0 aliphatic carbocycles. The highest BCUT2D eigenvalue weighted by molar-refractivity contribution is 7.07.